The van der Waals surface area contributed by atoms with Gasteiger partial charge < -0.3 is 9.47 Å². The standard InChI is InChI=1S/C14H21NO2/c1-3-9-15(14-8-2-4-10-17-14)12(6-1)13-7-5-11-16-13/h2,4,8,10,12-14H,1,3,5-7,9,11H2. The van der Waals surface area contributed by atoms with Gasteiger partial charge in [0.25, 0.3) is 0 Å². The lowest BCUT2D eigenvalue weighted by Crippen LogP contribution is -2.51. The average Bonchev–Trinajstić information content (AvgIpc) is 2.94. The molecule has 3 heterocycles. The van der Waals surface area contributed by atoms with Gasteiger partial charge in [-0.25, -0.2) is 0 Å². The van der Waals surface area contributed by atoms with Crippen molar-refractivity contribution < 1.29 is 9.47 Å². The second-order valence-corrected chi connectivity index (χ2v) is 5.09. The Labute approximate surface area is 103 Å². The number of piperidine rings is 1. The topological polar surface area (TPSA) is 21.7 Å². The molecule has 3 unspecified atom stereocenters. The fourth-order valence-electron chi connectivity index (χ4n) is 3.17. The third-order valence-corrected chi connectivity index (χ3v) is 4.00. The summed E-state index contributed by atoms with van der Waals surface area (Å²) in [5.41, 5.74) is 0. The molecule has 0 bridgehead atoms. The van der Waals surface area contributed by atoms with Gasteiger partial charge in [0, 0.05) is 19.2 Å². The largest absolute Gasteiger partial charge is 0.479 e. The lowest BCUT2D eigenvalue weighted by Gasteiger charge is -2.42. The van der Waals surface area contributed by atoms with Crippen LogP contribution in [0.4, 0.5) is 0 Å². The molecule has 3 aliphatic heterocycles. The van der Waals surface area contributed by atoms with Gasteiger partial charge in [0.1, 0.15) is 0 Å². The quantitative estimate of drug-likeness (QED) is 0.734. The number of hydrogen-bond donors (Lipinski definition) is 0. The van der Waals surface area contributed by atoms with Crippen molar-refractivity contribution in [2.24, 2.45) is 0 Å². The van der Waals surface area contributed by atoms with E-state index in [2.05, 4.69) is 17.1 Å². The van der Waals surface area contributed by atoms with Gasteiger partial charge >= 0.3 is 0 Å². The molecule has 0 aliphatic carbocycles. The molecule has 2 saturated heterocycles. The molecule has 0 radical (unpaired) electrons. The molecule has 17 heavy (non-hydrogen) atoms. The molecular weight excluding hydrogens is 214 g/mol. The summed E-state index contributed by atoms with van der Waals surface area (Å²) >= 11 is 0. The molecule has 3 nitrogen and oxygen atoms in total. The molecule has 0 aromatic rings. The second kappa shape index (κ2) is 5.23. The van der Waals surface area contributed by atoms with Crippen molar-refractivity contribution in [3.63, 3.8) is 0 Å². The van der Waals surface area contributed by atoms with E-state index in [-0.39, 0.29) is 6.23 Å². The van der Waals surface area contributed by atoms with Crippen molar-refractivity contribution in [2.75, 3.05) is 13.2 Å². The van der Waals surface area contributed by atoms with Crippen molar-refractivity contribution in [1.82, 2.24) is 4.90 Å². The molecule has 0 aromatic carbocycles. The van der Waals surface area contributed by atoms with Gasteiger partial charge in [-0.1, -0.05) is 12.5 Å². The SMILES string of the molecule is C1=COC(N2CCCCC2C2CCCO2)C=C1. The average molecular weight is 235 g/mol. The normalized spacial score (nSPS) is 38.2. The lowest BCUT2D eigenvalue weighted by atomic mass is 9.95. The summed E-state index contributed by atoms with van der Waals surface area (Å²) in [7, 11) is 0. The van der Waals surface area contributed by atoms with Crippen LogP contribution in [0.5, 0.6) is 0 Å². The fraction of sp³-hybridized carbons (Fsp3) is 0.714. The first-order valence-electron chi connectivity index (χ1n) is 6.81. The maximum atomic E-state index is 5.87. The molecule has 3 aliphatic rings. The van der Waals surface area contributed by atoms with Gasteiger partial charge in [-0.15, -0.1) is 0 Å². The molecule has 3 heteroatoms. The first-order valence-corrected chi connectivity index (χ1v) is 6.81. The molecule has 0 N–H and O–H groups in total. The third kappa shape index (κ3) is 2.40. The Kier molecular flexibility index (Phi) is 3.48. The zero-order valence-electron chi connectivity index (χ0n) is 10.3. The van der Waals surface area contributed by atoms with E-state index in [0.717, 1.165) is 13.2 Å². The molecule has 0 spiro atoms. The molecule has 0 aromatic heterocycles. The second-order valence-electron chi connectivity index (χ2n) is 5.09. The van der Waals surface area contributed by atoms with E-state index in [1.165, 1.54) is 32.1 Å². The lowest BCUT2D eigenvalue weighted by molar-refractivity contribution is -0.0674. The van der Waals surface area contributed by atoms with Crippen molar-refractivity contribution in [3.8, 4) is 0 Å². The van der Waals surface area contributed by atoms with Crippen LogP contribution in [0.25, 0.3) is 0 Å². The van der Waals surface area contributed by atoms with Crippen molar-refractivity contribution in [1.29, 1.82) is 0 Å². The van der Waals surface area contributed by atoms with E-state index in [0.29, 0.717) is 12.1 Å². The number of hydrogen-bond acceptors (Lipinski definition) is 3. The number of nitrogens with zero attached hydrogens (tertiary/aromatic N) is 1. The minimum atomic E-state index is 0.120. The summed E-state index contributed by atoms with van der Waals surface area (Å²) in [6.45, 7) is 2.07. The van der Waals surface area contributed by atoms with Gasteiger partial charge in [-0.2, -0.15) is 0 Å². The number of ether oxygens (including phenoxy) is 2. The van der Waals surface area contributed by atoms with Gasteiger partial charge in [-0.3, -0.25) is 4.90 Å². The van der Waals surface area contributed by atoms with Crippen LogP contribution in [0.2, 0.25) is 0 Å². The number of allylic oxidation sites excluding steroid dienone is 2. The van der Waals surface area contributed by atoms with Crippen LogP contribution in [0, 0.1) is 0 Å². The Balaban J connectivity index is 1.70. The van der Waals surface area contributed by atoms with Crippen molar-refractivity contribution in [2.45, 2.75) is 50.5 Å². The van der Waals surface area contributed by atoms with Gasteiger partial charge in [0.2, 0.25) is 0 Å². The highest BCUT2D eigenvalue weighted by Gasteiger charge is 2.36. The Morgan fingerprint density at radius 3 is 2.82 bits per heavy atom. The summed E-state index contributed by atoms with van der Waals surface area (Å²) in [6.07, 6.45) is 14.8. The molecule has 0 amide bonds. The maximum absolute atomic E-state index is 5.87. The number of rotatable bonds is 2. The van der Waals surface area contributed by atoms with E-state index >= 15 is 0 Å². The molecule has 3 atom stereocenters. The van der Waals surface area contributed by atoms with Crippen LogP contribution in [0.15, 0.2) is 24.5 Å². The van der Waals surface area contributed by atoms with Gasteiger partial charge in [0.05, 0.1) is 12.4 Å². The van der Waals surface area contributed by atoms with Crippen LogP contribution in [0.1, 0.15) is 32.1 Å². The van der Waals surface area contributed by atoms with Crippen LogP contribution in [0.3, 0.4) is 0 Å². The third-order valence-electron chi connectivity index (χ3n) is 4.00. The molecule has 94 valence electrons. The molecule has 2 fully saturated rings. The fourth-order valence-corrected chi connectivity index (χ4v) is 3.17. The first-order chi connectivity index (χ1) is 8.45. The zero-order chi connectivity index (χ0) is 11.5. The Morgan fingerprint density at radius 1 is 1.06 bits per heavy atom. The van der Waals surface area contributed by atoms with E-state index < -0.39 is 0 Å². The monoisotopic (exact) mass is 235 g/mol. The Morgan fingerprint density at radius 2 is 2.06 bits per heavy atom. The van der Waals surface area contributed by atoms with E-state index in [9.17, 15) is 0 Å². The summed E-state index contributed by atoms with van der Waals surface area (Å²) in [5.74, 6) is 0. The van der Waals surface area contributed by atoms with Gasteiger partial charge in [0.15, 0.2) is 6.23 Å². The van der Waals surface area contributed by atoms with Gasteiger partial charge in [-0.05, 0) is 37.8 Å². The van der Waals surface area contributed by atoms with Crippen molar-refractivity contribution in [3.05, 3.63) is 24.5 Å². The smallest absolute Gasteiger partial charge is 0.171 e. The van der Waals surface area contributed by atoms with Crippen LogP contribution >= 0.6 is 0 Å². The summed E-state index contributed by atoms with van der Waals surface area (Å²) in [6, 6.07) is 0.549. The molecule has 3 rings (SSSR count). The van der Waals surface area contributed by atoms with E-state index in [4.69, 9.17) is 9.47 Å². The highest BCUT2D eigenvalue weighted by molar-refractivity contribution is 5.08. The highest BCUT2D eigenvalue weighted by atomic mass is 16.5. The van der Waals surface area contributed by atoms with Crippen LogP contribution in [-0.2, 0) is 9.47 Å². The molecular formula is C14H21NO2. The highest BCUT2D eigenvalue weighted by Crippen LogP contribution is 2.29. The minimum absolute atomic E-state index is 0.120. The first kappa shape index (κ1) is 11.3. The van der Waals surface area contributed by atoms with Crippen LogP contribution < -0.4 is 0 Å². The maximum Gasteiger partial charge on any atom is 0.171 e. The minimum Gasteiger partial charge on any atom is -0.479 e. The number of likely N-dealkylation sites (tertiary alicyclic amines) is 1. The van der Waals surface area contributed by atoms with Crippen LogP contribution in [-0.4, -0.2) is 36.4 Å². The predicted octanol–water partition coefficient (Wildman–Crippen LogP) is 2.45. The van der Waals surface area contributed by atoms with Crippen molar-refractivity contribution >= 4 is 0 Å². The Hall–Kier alpha value is -0.800. The van der Waals surface area contributed by atoms with E-state index in [1.54, 1.807) is 6.26 Å². The summed E-state index contributed by atoms with van der Waals surface area (Å²) in [4.78, 5) is 2.49. The molecule has 0 saturated carbocycles. The predicted molar refractivity (Wildman–Crippen MR) is 66.5 cm³/mol. The summed E-state index contributed by atoms with van der Waals surface area (Å²) < 4.78 is 11.6. The zero-order valence-corrected chi connectivity index (χ0v) is 10.3. The van der Waals surface area contributed by atoms with E-state index in [1.807, 2.05) is 6.08 Å². The summed E-state index contributed by atoms with van der Waals surface area (Å²) in [5, 5.41) is 0. The Bertz CT molecular complexity index is 307.